The minimum absolute atomic E-state index is 0.0463. The summed E-state index contributed by atoms with van der Waals surface area (Å²) < 4.78 is 27.7. The summed E-state index contributed by atoms with van der Waals surface area (Å²) in [6.45, 7) is 0. The van der Waals surface area contributed by atoms with E-state index >= 15 is 0 Å². The molecule has 0 aliphatic carbocycles. The van der Waals surface area contributed by atoms with Crippen LogP contribution in [-0.2, 0) is 0 Å². The molecule has 2 aromatic heterocycles. The summed E-state index contributed by atoms with van der Waals surface area (Å²) in [5.74, 6) is -1.43. The summed E-state index contributed by atoms with van der Waals surface area (Å²) in [6.07, 6.45) is 1.51. The summed E-state index contributed by atoms with van der Waals surface area (Å²) >= 11 is 7.27. The van der Waals surface area contributed by atoms with Crippen molar-refractivity contribution >= 4 is 34.5 Å². The van der Waals surface area contributed by atoms with Crippen molar-refractivity contribution in [2.45, 2.75) is 0 Å². The van der Waals surface area contributed by atoms with Gasteiger partial charge in [0, 0.05) is 28.3 Å². The molecule has 23 heavy (non-hydrogen) atoms. The van der Waals surface area contributed by atoms with Crippen LogP contribution in [0.3, 0.4) is 0 Å². The van der Waals surface area contributed by atoms with Crippen LogP contribution in [0.4, 0.5) is 14.6 Å². The molecule has 0 aliphatic rings. The maximum Gasteiger partial charge on any atom is 0.135 e. The van der Waals surface area contributed by atoms with E-state index in [1.807, 2.05) is 0 Å². The molecule has 3 rings (SSSR count). The second kappa shape index (κ2) is 6.06. The fourth-order valence-electron chi connectivity index (χ4n) is 2.23. The van der Waals surface area contributed by atoms with Crippen LogP contribution in [-0.4, -0.2) is 10.7 Å². The van der Waals surface area contributed by atoms with E-state index in [2.05, 4.69) is 4.98 Å². The first-order valence-electron chi connectivity index (χ1n) is 6.52. The van der Waals surface area contributed by atoms with Crippen molar-refractivity contribution in [3.63, 3.8) is 0 Å². The number of benzene rings is 1. The average molecular weight is 350 g/mol. The lowest BCUT2D eigenvalue weighted by Crippen LogP contribution is -2.10. The van der Waals surface area contributed by atoms with Gasteiger partial charge in [0.1, 0.15) is 17.5 Å². The van der Waals surface area contributed by atoms with Crippen LogP contribution in [0, 0.1) is 17.0 Å². The molecule has 3 N–H and O–H groups in total. The van der Waals surface area contributed by atoms with Crippen LogP contribution >= 0.6 is 22.9 Å². The van der Waals surface area contributed by atoms with Gasteiger partial charge in [0.15, 0.2) is 0 Å². The van der Waals surface area contributed by atoms with Crippen molar-refractivity contribution in [3.05, 3.63) is 69.7 Å². The van der Waals surface area contributed by atoms with Crippen LogP contribution in [0.1, 0.15) is 11.1 Å². The van der Waals surface area contributed by atoms with Crippen LogP contribution < -0.4 is 5.73 Å². The Morgan fingerprint density at radius 3 is 2.61 bits per heavy atom. The Morgan fingerprint density at radius 1 is 1.17 bits per heavy atom. The Labute approximate surface area is 139 Å². The molecule has 3 aromatic rings. The lowest BCUT2D eigenvalue weighted by Gasteiger charge is -2.12. The van der Waals surface area contributed by atoms with E-state index in [0.717, 1.165) is 17.0 Å². The third-order valence-electron chi connectivity index (χ3n) is 3.27. The standard InChI is InChI=1S/C16H10ClF2N3S/c17-13-4-3-12(23-13)10-5-6-22-16(21)14(10)15(20)9-2-1-8(18)7-11(9)19/h1-7,20H,(H2,21,22). The SMILES string of the molecule is N=C(c1ccc(F)cc1F)c1c(-c2ccc(Cl)s2)ccnc1N. The molecule has 0 atom stereocenters. The minimum atomic E-state index is -0.826. The van der Waals surface area contributed by atoms with Crippen molar-refractivity contribution < 1.29 is 8.78 Å². The third kappa shape index (κ3) is 2.95. The quantitative estimate of drug-likeness (QED) is 0.671. The largest absolute Gasteiger partial charge is 0.383 e. The summed E-state index contributed by atoms with van der Waals surface area (Å²) in [6, 6.07) is 8.25. The van der Waals surface area contributed by atoms with Gasteiger partial charge in [0.25, 0.3) is 0 Å². The highest BCUT2D eigenvalue weighted by Crippen LogP contribution is 2.35. The molecule has 0 radical (unpaired) electrons. The van der Waals surface area contributed by atoms with Gasteiger partial charge in [-0.3, -0.25) is 5.41 Å². The van der Waals surface area contributed by atoms with Gasteiger partial charge in [-0.2, -0.15) is 0 Å². The normalized spacial score (nSPS) is 10.7. The predicted molar refractivity (Wildman–Crippen MR) is 89.3 cm³/mol. The highest BCUT2D eigenvalue weighted by molar-refractivity contribution is 7.19. The number of rotatable bonds is 3. The number of hydrogen-bond acceptors (Lipinski definition) is 4. The summed E-state index contributed by atoms with van der Waals surface area (Å²) in [4.78, 5) is 4.76. The molecular weight excluding hydrogens is 340 g/mol. The molecule has 3 nitrogen and oxygen atoms in total. The number of nitrogens with two attached hydrogens (primary N) is 1. The second-order valence-corrected chi connectivity index (χ2v) is 6.44. The van der Waals surface area contributed by atoms with E-state index in [1.165, 1.54) is 23.6 Å². The van der Waals surface area contributed by atoms with Crippen molar-refractivity contribution in [1.29, 1.82) is 5.41 Å². The van der Waals surface area contributed by atoms with Gasteiger partial charge in [-0.1, -0.05) is 11.6 Å². The van der Waals surface area contributed by atoms with Gasteiger partial charge in [0.05, 0.1) is 15.6 Å². The van der Waals surface area contributed by atoms with Crippen LogP contribution in [0.15, 0.2) is 42.6 Å². The monoisotopic (exact) mass is 349 g/mol. The Morgan fingerprint density at radius 2 is 1.96 bits per heavy atom. The van der Waals surface area contributed by atoms with Gasteiger partial charge in [-0.25, -0.2) is 13.8 Å². The number of nitrogens with one attached hydrogen (secondary N) is 1. The van der Waals surface area contributed by atoms with Gasteiger partial charge >= 0.3 is 0 Å². The van der Waals surface area contributed by atoms with Gasteiger partial charge in [-0.15, -0.1) is 11.3 Å². The van der Waals surface area contributed by atoms with Crippen LogP contribution in [0.25, 0.3) is 10.4 Å². The smallest absolute Gasteiger partial charge is 0.135 e. The van der Waals surface area contributed by atoms with E-state index in [-0.39, 0.29) is 22.7 Å². The maximum atomic E-state index is 14.0. The highest BCUT2D eigenvalue weighted by Gasteiger charge is 2.19. The first kappa shape index (κ1) is 15.6. The molecule has 7 heteroatoms. The Balaban J connectivity index is 2.17. The molecule has 0 saturated heterocycles. The zero-order valence-electron chi connectivity index (χ0n) is 11.6. The van der Waals surface area contributed by atoms with E-state index < -0.39 is 11.6 Å². The minimum Gasteiger partial charge on any atom is -0.383 e. The van der Waals surface area contributed by atoms with E-state index in [0.29, 0.717) is 9.90 Å². The van der Waals surface area contributed by atoms with Gasteiger partial charge < -0.3 is 5.73 Å². The molecule has 116 valence electrons. The van der Waals surface area contributed by atoms with E-state index in [1.54, 1.807) is 18.2 Å². The van der Waals surface area contributed by atoms with Crippen LogP contribution in [0.5, 0.6) is 0 Å². The zero-order chi connectivity index (χ0) is 16.6. The lowest BCUT2D eigenvalue weighted by molar-refractivity contribution is 0.582. The first-order chi connectivity index (χ1) is 11.0. The molecule has 0 unspecified atom stereocenters. The highest BCUT2D eigenvalue weighted by atomic mass is 35.5. The first-order valence-corrected chi connectivity index (χ1v) is 7.71. The lowest BCUT2D eigenvalue weighted by atomic mass is 9.97. The number of aromatic nitrogens is 1. The second-order valence-electron chi connectivity index (χ2n) is 4.72. The molecule has 2 heterocycles. The molecular formula is C16H10ClF2N3S. The number of anilines is 1. The molecule has 0 saturated carbocycles. The number of nitrogen functional groups attached to an aromatic ring is 1. The summed E-state index contributed by atoms with van der Waals surface area (Å²) in [7, 11) is 0. The maximum absolute atomic E-state index is 14.0. The Hall–Kier alpha value is -2.31. The molecule has 0 amide bonds. The van der Waals surface area contributed by atoms with E-state index in [9.17, 15) is 8.78 Å². The average Bonchev–Trinajstić information content (AvgIpc) is 2.93. The third-order valence-corrected chi connectivity index (χ3v) is 4.53. The molecule has 0 bridgehead atoms. The topological polar surface area (TPSA) is 62.8 Å². The van der Waals surface area contributed by atoms with Crippen LogP contribution in [0.2, 0.25) is 4.34 Å². The van der Waals surface area contributed by atoms with Crippen molar-refractivity contribution in [3.8, 4) is 10.4 Å². The zero-order valence-corrected chi connectivity index (χ0v) is 13.2. The molecule has 0 spiro atoms. The molecule has 0 aliphatic heterocycles. The summed E-state index contributed by atoms with van der Waals surface area (Å²) in [5, 5.41) is 8.31. The molecule has 0 fully saturated rings. The number of halogens is 3. The molecule has 1 aromatic carbocycles. The van der Waals surface area contributed by atoms with Crippen molar-refractivity contribution in [1.82, 2.24) is 4.98 Å². The fraction of sp³-hybridized carbons (Fsp3) is 0. The van der Waals surface area contributed by atoms with Crippen molar-refractivity contribution in [2.75, 3.05) is 5.73 Å². The van der Waals surface area contributed by atoms with E-state index in [4.69, 9.17) is 22.7 Å². The van der Waals surface area contributed by atoms with Gasteiger partial charge in [-0.05, 0) is 30.3 Å². The number of pyridine rings is 1. The fourth-order valence-corrected chi connectivity index (χ4v) is 3.31. The predicted octanol–water partition coefficient (Wildman–Crippen LogP) is 4.74. The number of thiophene rings is 1. The van der Waals surface area contributed by atoms with Crippen molar-refractivity contribution in [2.24, 2.45) is 0 Å². The number of hydrogen-bond donors (Lipinski definition) is 2. The summed E-state index contributed by atoms with van der Waals surface area (Å²) in [5.41, 5.74) is 6.62. The number of nitrogens with zero attached hydrogens (tertiary/aromatic N) is 1. The Kier molecular flexibility index (Phi) is 4.11. The Bertz CT molecular complexity index is 908. The van der Waals surface area contributed by atoms with Gasteiger partial charge in [0.2, 0.25) is 0 Å².